The summed E-state index contributed by atoms with van der Waals surface area (Å²) in [6, 6.07) is 16.5. The molecular formula is C28H34N2O5. The Morgan fingerprint density at radius 1 is 1.00 bits per heavy atom. The largest absolute Gasteiger partial charge is 0.481 e. The van der Waals surface area contributed by atoms with E-state index in [9.17, 15) is 14.4 Å². The molecule has 2 aromatic rings. The van der Waals surface area contributed by atoms with Gasteiger partial charge in [-0.1, -0.05) is 62.4 Å². The number of carboxylic acids is 1. The zero-order chi connectivity index (χ0) is 24.9. The van der Waals surface area contributed by atoms with E-state index in [2.05, 4.69) is 34.9 Å². The predicted molar refractivity (Wildman–Crippen MR) is 133 cm³/mol. The van der Waals surface area contributed by atoms with Crippen LogP contribution in [0.2, 0.25) is 0 Å². The fraction of sp³-hybridized carbons (Fsp3) is 0.464. The first-order chi connectivity index (χ1) is 16.8. The Morgan fingerprint density at radius 3 is 2.17 bits per heavy atom. The summed E-state index contributed by atoms with van der Waals surface area (Å²) in [5, 5.41) is 14.7. The first-order valence-corrected chi connectivity index (χ1v) is 12.4. The highest BCUT2D eigenvalue weighted by Gasteiger charge is 2.32. The lowest BCUT2D eigenvalue weighted by molar-refractivity contribution is -0.139. The molecular weight excluding hydrogens is 444 g/mol. The van der Waals surface area contributed by atoms with Gasteiger partial charge in [0.2, 0.25) is 5.91 Å². The highest BCUT2D eigenvalue weighted by molar-refractivity contribution is 5.79. The third kappa shape index (κ3) is 6.02. The molecule has 7 heteroatoms. The number of alkyl carbamates (subject to hydrolysis) is 1. The second-order valence-electron chi connectivity index (χ2n) is 10.1. The van der Waals surface area contributed by atoms with Gasteiger partial charge in [-0.2, -0.15) is 0 Å². The molecule has 0 aliphatic heterocycles. The van der Waals surface area contributed by atoms with Crippen LogP contribution >= 0.6 is 0 Å². The molecule has 0 bridgehead atoms. The molecule has 1 saturated carbocycles. The van der Waals surface area contributed by atoms with Gasteiger partial charge in [0.25, 0.3) is 0 Å². The van der Waals surface area contributed by atoms with Crippen LogP contribution in [-0.2, 0) is 14.3 Å². The van der Waals surface area contributed by atoms with E-state index in [-0.39, 0.29) is 48.6 Å². The molecule has 0 spiro atoms. The molecule has 35 heavy (non-hydrogen) atoms. The van der Waals surface area contributed by atoms with Gasteiger partial charge in [0.1, 0.15) is 6.61 Å². The van der Waals surface area contributed by atoms with Crippen LogP contribution in [0, 0.1) is 17.8 Å². The number of benzene rings is 2. The van der Waals surface area contributed by atoms with Crippen molar-refractivity contribution in [3.63, 3.8) is 0 Å². The molecule has 4 rings (SSSR count). The van der Waals surface area contributed by atoms with Crippen molar-refractivity contribution in [3.8, 4) is 11.1 Å². The summed E-state index contributed by atoms with van der Waals surface area (Å²) in [6.45, 7) is 4.67. The van der Waals surface area contributed by atoms with Crippen LogP contribution in [0.25, 0.3) is 11.1 Å². The number of nitrogens with one attached hydrogen (secondary N) is 2. The number of amides is 2. The summed E-state index contributed by atoms with van der Waals surface area (Å²) >= 11 is 0. The number of carboxylic acid groups (broad SMARTS) is 1. The van der Waals surface area contributed by atoms with Gasteiger partial charge in [0, 0.05) is 31.3 Å². The lowest BCUT2D eigenvalue weighted by atomic mass is 9.78. The lowest BCUT2D eigenvalue weighted by Gasteiger charge is -2.35. The fourth-order valence-corrected chi connectivity index (χ4v) is 5.20. The van der Waals surface area contributed by atoms with E-state index in [1.807, 2.05) is 38.1 Å². The monoisotopic (exact) mass is 478 g/mol. The molecule has 1 fully saturated rings. The lowest BCUT2D eigenvalue weighted by Crippen LogP contribution is -2.46. The summed E-state index contributed by atoms with van der Waals surface area (Å²) in [7, 11) is 0. The van der Waals surface area contributed by atoms with Crippen LogP contribution in [0.15, 0.2) is 48.5 Å². The van der Waals surface area contributed by atoms with E-state index in [1.54, 1.807) is 0 Å². The molecule has 2 aliphatic carbocycles. The summed E-state index contributed by atoms with van der Waals surface area (Å²) in [5.74, 6) is -0.516. The average molecular weight is 479 g/mol. The molecule has 2 aromatic carbocycles. The van der Waals surface area contributed by atoms with Gasteiger partial charge in [-0.05, 0) is 52.8 Å². The summed E-state index contributed by atoms with van der Waals surface area (Å²) in [4.78, 5) is 35.8. The van der Waals surface area contributed by atoms with E-state index in [1.165, 1.54) is 22.3 Å². The van der Waals surface area contributed by atoms with Crippen molar-refractivity contribution in [2.45, 2.75) is 51.5 Å². The normalized spacial score (nSPS) is 19.3. The van der Waals surface area contributed by atoms with Crippen molar-refractivity contribution < 1.29 is 24.2 Å². The minimum atomic E-state index is -0.793. The van der Waals surface area contributed by atoms with E-state index in [4.69, 9.17) is 9.84 Å². The van der Waals surface area contributed by atoms with Crippen LogP contribution in [0.1, 0.15) is 56.6 Å². The zero-order valence-corrected chi connectivity index (χ0v) is 20.3. The molecule has 0 saturated heterocycles. The standard InChI is InChI=1S/C28H34N2O5/c1-17(2)19(14-26(31)30-20-11-18(12-20)13-27(32)33)15-29-28(34)35-16-25-23-9-5-3-7-21(23)22-8-4-6-10-24(22)25/h3-10,17-20,25H,11-16H2,1-2H3,(H,29,34)(H,30,31)(H,32,33). The van der Waals surface area contributed by atoms with Crippen LogP contribution in [0.4, 0.5) is 4.79 Å². The summed E-state index contributed by atoms with van der Waals surface area (Å²) < 4.78 is 5.61. The number of rotatable bonds is 10. The van der Waals surface area contributed by atoms with Crippen LogP contribution in [0.3, 0.4) is 0 Å². The molecule has 0 aromatic heterocycles. The SMILES string of the molecule is CC(C)C(CNC(=O)OCC1c2ccccc2-c2ccccc21)CC(=O)NC1CC(CC(=O)O)C1. The smallest absolute Gasteiger partial charge is 0.407 e. The Balaban J connectivity index is 1.24. The van der Waals surface area contributed by atoms with Gasteiger partial charge < -0.3 is 20.5 Å². The second-order valence-corrected chi connectivity index (χ2v) is 10.1. The Labute approximate surface area is 206 Å². The number of hydrogen-bond acceptors (Lipinski definition) is 4. The minimum Gasteiger partial charge on any atom is -0.481 e. The fourth-order valence-electron chi connectivity index (χ4n) is 5.20. The highest BCUT2D eigenvalue weighted by Crippen LogP contribution is 2.44. The van der Waals surface area contributed by atoms with Crippen molar-refractivity contribution in [1.82, 2.24) is 10.6 Å². The van der Waals surface area contributed by atoms with Crippen molar-refractivity contribution in [3.05, 3.63) is 59.7 Å². The van der Waals surface area contributed by atoms with Gasteiger partial charge in [0.05, 0.1) is 0 Å². The van der Waals surface area contributed by atoms with Crippen molar-refractivity contribution in [2.75, 3.05) is 13.2 Å². The maximum absolute atomic E-state index is 12.5. The third-order valence-electron chi connectivity index (χ3n) is 7.31. The van der Waals surface area contributed by atoms with Gasteiger partial charge in [-0.3, -0.25) is 9.59 Å². The molecule has 1 unspecified atom stereocenters. The van der Waals surface area contributed by atoms with Crippen molar-refractivity contribution in [1.29, 1.82) is 0 Å². The van der Waals surface area contributed by atoms with Crippen LogP contribution in [0.5, 0.6) is 0 Å². The van der Waals surface area contributed by atoms with E-state index < -0.39 is 12.1 Å². The van der Waals surface area contributed by atoms with Crippen molar-refractivity contribution >= 4 is 18.0 Å². The number of carbonyl (C=O) groups excluding carboxylic acids is 2. The first-order valence-electron chi connectivity index (χ1n) is 12.4. The number of hydrogen-bond donors (Lipinski definition) is 3. The molecule has 2 aliphatic rings. The van der Waals surface area contributed by atoms with Gasteiger partial charge in [-0.25, -0.2) is 4.79 Å². The third-order valence-corrected chi connectivity index (χ3v) is 7.31. The quantitative estimate of drug-likeness (QED) is 0.464. The Hall–Kier alpha value is -3.35. The second kappa shape index (κ2) is 10.9. The van der Waals surface area contributed by atoms with Gasteiger partial charge in [0.15, 0.2) is 0 Å². The Kier molecular flexibility index (Phi) is 7.73. The van der Waals surface area contributed by atoms with E-state index in [0.717, 1.165) is 0 Å². The topological polar surface area (TPSA) is 105 Å². The van der Waals surface area contributed by atoms with Crippen LogP contribution in [-0.4, -0.2) is 42.3 Å². The Morgan fingerprint density at radius 2 is 1.60 bits per heavy atom. The van der Waals surface area contributed by atoms with Gasteiger partial charge in [-0.15, -0.1) is 0 Å². The van der Waals surface area contributed by atoms with E-state index in [0.29, 0.717) is 25.8 Å². The Bertz CT molecular complexity index is 1030. The maximum Gasteiger partial charge on any atom is 0.407 e. The first kappa shape index (κ1) is 24.8. The number of fused-ring (bicyclic) bond motifs is 3. The zero-order valence-electron chi connectivity index (χ0n) is 20.3. The van der Waals surface area contributed by atoms with Crippen molar-refractivity contribution in [2.24, 2.45) is 17.8 Å². The number of carbonyl (C=O) groups is 3. The highest BCUT2D eigenvalue weighted by atomic mass is 16.5. The molecule has 1 atom stereocenters. The average Bonchev–Trinajstić information content (AvgIpc) is 3.12. The number of aliphatic carboxylic acids is 1. The molecule has 0 radical (unpaired) electrons. The molecule has 0 heterocycles. The molecule has 7 nitrogen and oxygen atoms in total. The molecule has 2 amide bonds. The predicted octanol–water partition coefficient (Wildman–Crippen LogP) is 4.56. The number of ether oxygens (including phenoxy) is 1. The molecule has 186 valence electrons. The molecule has 3 N–H and O–H groups in total. The maximum atomic E-state index is 12.5. The minimum absolute atomic E-state index is 0.00672. The van der Waals surface area contributed by atoms with E-state index >= 15 is 0 Å². The summed E-state index contributed by atoms with van der Waals surface area (Å²) in [6.07, 6.45) is 1.41. The van der Waals surface area contributed by atoms with Gasteiger partial charge >= 0.3 is 12.1 Å². The summed E-state index contributed by atoms with van der Waals surface area (Å²) in [5.41, 5.74) is 4.70. The van der Waals surface area contributed by atoms with Crippen LogP contribution < -0.4 is 10.6 Å².